The van der Waals surface area contributed by atoms with Gasteiger partial charge < -0.3 is 0 Å². The van der Waals surface area contributed by atoms with Crippen molar-refractivity contribution in [3.05, 3.63) is 0 Å². The van der Waals surface area contributed by atoms with Crippen molar-refractivity contribution in [3.8, 4) is 0 Å². The van der Waals surface area contributed by atoms with E-state index in [1.807, 2.05) is 15.9 Å². The first kappa shape index (κ1) is 13.0. The highest BCUT2D eigenvalue weighted by Crippen LogP contribution is 2.43. The van der Waals surface area contributed by atoms with E-state index in [1.165, 1.54) is 0 Å². The first-order chi connectivity index (χ1) is 5.61. The molecule has 13 heavy (non-hydrogen) atoms. The van der Waals surface area contributed by atoms with Crippen LogP contribution >= 0.6 is 15.9 Å². The van der Waals surface area contributed by atoms with Gasteiger partial charge in [0.25, 0.3) is 12.1 Å². The van der Waals surface area contributed by atoms with Crippen LogP contribution in [0.2, 0.25) is 0 Å². The van der Waals surface area contributed by atoms with E-state index in [-0.39, 0.29) is 0 Å². The molecule has 0 bridgehead atoms. The summed E-state index contributed by atoms with van der Waals surface area (Å²) in [4.78, 5) is 0. The molecule has 0 N–H and O–H groups in total. The van der Waals surface area contributed by atoms with E-state index >= 15 is 0 Å². The van der Waals surface area contributed by atoms with Crippen LogP contribution in [-0.2, 0) is 0 Å². The molecule has 0 aromatic rings. The summed E-state index contributed by atoms with van der Waals surface area (Å²) in [5, 5.41) is -2.46. The Morgan fingerprint density at radius 2 is 1.38 bits per heavy atom. The van der Waals surface area contributed by atoms with Crippen LogP contribution in [0.25, 0.3) is 0 Å². The van der Waals surface area contributed by atoms with Crippen molar-refractivity contribution in [1.82, 2.24) is 0 Å². The molecule has 0 amide bonds. The normalized spacial score (nSPS) is 20.1. The Kier molecular flexibility index (Phi) is 4.01. The molecule has 0 aliphatic heterocycles. The molecule has 0 nitrogen and oxygen atoms in total. The summed E-state index contributed by atoms with van der Waals surface area (Å²) in [7, 11) is 0. The minimum Gasteiger partial charge on any atom is -0.235 e. The van der Waals surface area contributed by atoms with E-state index in [1.54, 1.807) is 0 Å². The molecule has 0 aromatic heterocycles. The van der Waals surface area contributed by atoms with Crippen molar-refractivity contribution in [2.45, 2.75) is 29.8 Å². The Morgan fingerprint density at radius 3 is 1.46 bits per heavy atom. The average Bonchev–Trinajstić information content (AvgIpc) is 1.82. The minimum absolute atomic E-state index is 1.93. The van der Waals surface area contributed by atoms with E-state index in [4.69, 9.17) is 0 Å². The second kappa shape index (κ2) is 4.02. The van der Waals surface area contributed by atoms with Gasteiger partial charge in [-0.3, -0.25) is 0 Å². The van der Waals surface area contributed by atoms with Crippen molar-refractivity contribution >= 4 is 15.9 Å². The zero-order valence-electron chi connectivity index (χ0n) is 5.89. The quantitative estimate of drug-likeness (QED) is 0.546. The molecule has 0 saturated heterocycles. The molecule has 0 fully saturated rings. The SMILES string of the molecule is FC(Br)CC(F)(C(F)F)C(F)(F)F. The summed E-state index contributed by atoms with van der Waals surface area (Å²) in [6.07, 6.45) is -12.0. The lowest BCUT2D eigenvalue weighted by Crippen LogP contribution is -2.48. The van der Waals surface area contributed by atoms with Crippen LogP contribution in [0, 0.1) is 0 Å². The predicted molar refractivity (Wildman–Crippen MR) is 34.3 cm³/mol. The summed E-state index contributed by atoms with van der Waals surface area (Å²) >= 11 is 1.93. The maximum Gasteiger partial charge on any atom is 0.428 e. The van der Waals surface area contributed by atoms with Crippen LogP contribution in [-0.4, -0.2) is 23.4 Å². The smallest absolute Gasteiger partial charge is 0.235 e. The molecule has 80 valence electrons. The third-order valence-electron chi connectivity index (χ3n) is 1.27. The second-order valence-electron chi connectivity index (χ2n) is 2.26. The fourth-order valence-electron chi connectivity index (χ4n) is 0.553. The van der Waals surface area contributed by atoms with Gasteiger partial charge in [-0.15, -0.1) is 0 Å². The number of rotatable bonds is 3. The Morgan fingerprint density at radius 1 is 1.00 bits per heavy atom. The summed E-state index contributed by atoms with van der Waals surface area (Å²) < 4.78 is 82.8. The Bertz CT molecular complexity index is 165. The van der Waals surface area contributed by atoms with Crippen LogP contribution < -0.4 is 0 Å². The van der Waals surface area contributed by atoms with Crippen LogP contribution in [0.1, 0.15) is 6.42 Å². The molecule has 2 unspecified atom stereocenters. The van der Waals surface area contributed by atoms with E-state index in [2.05, 4.69) is 0 Å². The molecule has 0 spiro atoms. The Labute approximate surface area is 77.2 Å². The molecule has 0 saturated carbocycles. The molecular weight excluding hydrogens is 273 g/mol. The maximum atomic E-state index is 12.5. The van der Waals surface area contributed by atoms with Crippen LogP contribution in [0.5, 0.6) is 0 Å². The molecular formula is C5H4BrF7. The first-order valence-corrected chi connectivity index (χ1v) is 3.84. The van der Waals surface area contributed by atoms with Crippen molar-refractivity contribution in [2.24, 2.45) is 0 Å². The van der Waals surface area contributed by atoms with Crippen molar-refractivity contribution in [2.75, 3.05) is 0 Å². The lowest BCUT2D eigenvalue weighted by atomic mass is 10.0. The Hall–Kier alpha value is -0.0100. The fourth-order valence-corrected chi connectivity index (χ4v) is 1.02. The van der Waals surface area contributed by atoms with Gasteiger partial charge >= 0.3 is 6.18 Å². The highest BCUT2D eigenvalue weighted by molar-refractivity contribution is 9.09. The fraction of sp³-hybridized carbons (Fsp3) is 1.00. The monoisotopic (exact) mass is 276 g/mol. The standard InChI is InChI=1S/C5H4BrF7/c6-2(7)1-4(10,3(8)9)5(11,12)13/h2-3H,1H2. The van der Waals surface area contributed by atoms with Gasteiger partial charge in [-0.2, -0.15) is 13.2 Å². The summed E-state index contributed by atoms with van der Waals surface area (Å²) in [6.45, 7) is 0. The minimum atomic E-state index is -5.78. The third kappa shape index (κ3) is 2.99. The molecule has 0 aliphatic rings. The van der Waals surface area contributed by atoms with E-state index in [9.17, 15) is 30.7 Å². The number of halogens is 8. The largest absolute Gasteiger partial charge is 0.428 e. The number of hydrogen-bond donors (Lipinski definition) is 0. The summed E-state index contributed by atoms with van der Waals surface area (Å²) in [6, 6.07) is 0. The van der Waals surface area contributed by atoms with Crippen molar-refractivity contribution in [1.29, 1.82) is 0 Å². The molecule has 2 atom stereocenters. The Balaban J connectivity index is 4.74. The van der Waals surface area contributed by atoms with Crippen LogP contribution in [0.4, 0.5) is 30.7 Å². The molecule has 0 aliphatic carbocycles. The molecule has 0 aromatic carbocycles. The van der Waals surface area contributed by atoms with Crippen molar-refractivity contribution in [3.63, 3.8) is 0 Å². The van der Waals surface area contributed by atoms with Gasteiger partial charge in [0.1, 0.15) is 0 Å². The van der Waals surface area contributed by atoms with E-state index < -0.39 is 29.8 Å². The van der Waals surface area contributed by atoms with Gasteiger partial charge in [-0.1, -0.05) is 15.9 Å². The molecule has 0 radical (unpaired) electrons. The van der Waals surface area contributed by atoms with Gasteiger partial charge in [0.2, 0.25) is 0 Å². The summed E-state index contributed by atoms with van der Waals surface area (Å²) in [5.41, 5.74) is -4.80. The zero-order valence-corrected chi connectivity index (χ0v) is 7.47. The van der Waals surface area contributed by atoms with Crippen molar-refractivity contribution < 1.29 is 30.7 Å². The van der Waals surface area contributed by atoms with Gasteiger partial charge in [-0.25, -0.2) is 17.6 Å². The average molecular weight is 277 g/mol. The lowest BCUT2D eigenvalue weighted by molar-refractivity contribution is -0.271. The molecule has 8 heteroatoms. The van der Waals surface area contributed by atoms with Crippen LogP contribution in [0.3, 0.4) is 0 Å². The lowest BCUT2D eigenvalue weighted by Gasteiger charge is -2.26. The third-order valence-corrected chi connectivity index (χ3v) is 1.59. The van der Waals surface area contributed by atoms with E-state index in [0.717, 1.165) is 0 Å². The highest BCUT2D eigenvalue weighted by Gasteiger charge is 2.63. The molecule has 0 heterocycles. The zero-order chi connectivity index (χ0) is 10.9. The van der Waals surface area contributed by atoms with Gasteiger partial charge in [0.05, 0.1) is 0 Å². The van der Waals surface area contributed by atoms with Crippen LogP contribution in [0.15, 0.2) is 0 Å². The van der Waals surface area contributed by atoms with E-state index in [0.29, 0.717) is 0 Å². The second-order valence-corrected chi connectivity index (χ2v) is 3.25. The number of hydrogen-bond acceptors (Lipinski definition) is 0. The van der Waals surface area contributed by atoms with Gasteiger partial charge in [0, 0.05) is 6.42 Å². The predicted octanol–water partition coefficient (Wildman–Crippen LogP) is 3.60. The summed E-state index contributed by atoms with van der Waals surface area (Å²) in [5.74, 6) is 0. The first-order valence-electron chi connectivity index (χ1n) is 2.93. The number of alkyl halides is 8. The topological polar surface area (TPSA) is 0 Å². The van der Waals surface area contributed by atoms with Gasteiger partial charge in [0.15, 0.2) is 5.08 Å². The molecule has 0 rings (SSSR count). The highest BCUT2D eigenvalue weighted by atomic mass is 79.9. The maximum absolute atomic E-state index is 12.5. The van der Waals surface area contributed by atoms with Gasteiger partial charge in [-0.05, 0) is 0 Å².